The Kier molecular flexibility index (Phi) is 6.11. The first kappa shape index (κ1) is 17.7. The van der Waals surface area contributed by atoms with Gasteiger partial charge in [-0.15, -0.1) is 0 Å². The van der Waals surface area contributed by atoms with E-state index in [4.69, 9.17) is 16.3 Å². The zero-order valence-electron chi connectivity index (χ0n) is 13.9. The van der Waals surface area contributed by atoms with E-state index in [0.29, 0.717) is 16.3 Å². The van der Waals surface area contributed by atoms with Crippen LogP contribution in [-0.4, -0.2) is 33.7 Å². The van der Waals surface area contributed by atoms with Gasteiger partial charge in [-0.2, -0.15) is 0 Å². The number of hydrogen-bond donors (Lipinski definition) is 1. The van der Waals surface area contributed by atoms with Gasteiger partial charge in [0.15, 0.2) is 0 Å². The Morgan fingerprint density at radius 3 is 2.54 bits per heavy atom. The van der Waals surface area contributed by atoms with E-state index in [-0.39, 0.29) is 12.5 Å². The zero-order valence-corrected chi connectivity index (χ0v) is 14.6. The molecule has 2 aromatic carbocycles. The minimum absolute atomic E-state index is 0.240. The molecule has 2 rings (SSSR count). The molecule has 124 valence electrons. The van der Waals surface area contributed by atoms with E-state index < -0.39 is 0 Å². The smallest absolute Gasteiger partial charge is 0.255 e. The lowest BCUT2D eigenvalue weighted by atomic mass is 10.2. The number of benzene rings is 2. The Balaban J connectivity index is 1.97. The number of halogens is 1. The molecule has 0 aliphatic heterocycles. The number of hydrogen-bond acceptors (Lipinski definition) is 3. The van der Waals surface area contributed by atoms with E-state index in [1.807, 2.05) is 43.3 Å². The van der Waals surface area contributed by atoms with E-state index in [2.05, 4.69) is 17.2 Å². The minimum Gasteiger partial charge on any atom is -0.496 e. The molecule has 1 N–H and O–H groups in total. The second-order valence-electron chi connectivity index (χ2n) is 5.27. The van der Waals surface area contributed by atoms with Gasteiger partial charge < -0.3 is 15.0 Å². The lowest BCUT2D eigenvalue weighted by molar-refractivity contribution is 0.0955. The monoisotopic (exact) mass is 342 g/mol. The molecule has 24 heavy (non-hydrogen) atoms. The molecule has 0 bridgehead atoms. The van der Waals surface area contributed by atoms with Crippen LogP contribution in [0, 0.1) is 11.8 Å². The number of amides is 1. The van der Waals surface area contributed by atoms with Crippen molar-refractivity contribution in [3.05, 3.63) is 58.6 Å². The van der Waals surface area contributed by atoms with Gasteiger partial charge in [-0.25, -0.2) is 0 Å². The molecule has 0 fully saturated rings. The number of carbonyl (C=O) groups excluding carboxylic acids is 1. The van der Waals surface area contributed by atoms with E-state index in [1.165, 1.54) is 7.11 Å². The molecule has 0 aliphatic carbocycles. The summed E-state index contributed by atoms with van der Waals surface area (Å²) in [5, 5.41) is 3.22. The molecule has 0 radical (unpaired) electrons. The molecule has 1 amide bonds. The number of ether oxygens (including phenoxy) is 1. The highest BCUT2D eigenvalue weighted by Gasteiger charge is 2.11. The third-order valence-corrected chi connectivity index (χ3v) is 3.60. The molecule has 0 atom stereocenters. The van der Waals surface area contributed by atoms with Gasteiger partial charge >= 0.3 is 0 Å². The van der Waals surface area contributed by atoms with E-state index >= 15 is 0 Å². The van der Waals surface area contributed by atoms with Crippen molar-refractivity contribution in [3.63, 3.8) is 0 Å². The van der Waals surface area contributed by atoms with Crippen molar-refractivity contribution in [2.24, 2.45) is 0 Å². The summed E-state index contributed by atoms with van der Waals surface area (Å²) in [5.41, 5.74) is 2.40. The lowest BCUT2D eigenvalue weighted by Crippen LogP contribution is -2.24. The van der Waals surface area contributed by atoms with Crippen LogP contribution in [0.2, 0.25) is 5.02 Å². The van der Waals surface area contributed by atoms with Crippen LogP contribution in [0.3, 0.4) is 0 Å². The van der Waals surface area contributed by atoms with Crippen LogP contribution in [0.1, 0.15) is 15.9 Å². The molecule has 0 saturated carbocycles. The summed E-state index contributed by atoms with van der Waals surface area (Å²) in [4.78, 5) is 14.2. The van der Waals surface area contributed by atoms with Crippen LogP contribution in [0.25, 0.3) is 0 Å². The number of nitrogens with one attached hydrogen (secondary N) is 1. The lowest BCUT2D eigenvalue weighted by Gasteiger charge is -2.11. The largest absolute Gasteiger partial charge is 0.496 e. The molecule has 4 nitrogen and oxygen atoms in total. The predicted octanol–water partition coefficient (Wildman–Crippen LogP) is 3.20. The van der Waals surface area contributed by atoms with Crippen molar-refractivity contribution in [2.75, 3.05) is 32.6 Å². The summed E-state index contributed by atoms with van der Waals surface area (Å²) in [6.45, 7) is 0.240. The quantitative estimate of drug-likeness (QED) is 0.868. The number of carbonyl (C=O) groups is 1. The topological polar surface area (TPSA) is 41.6 Å². The summed E-state index contributed by atoms with van der Waals surface area (Å²) >= 11 is 5.93. The Bertz CT molecular complexity index is 774. The Labute approximate surface area is 147 Å². The van der Waals surface area contributed by atoms with Crippen molar-refractivity contribution < 1.29 is 9.53 Å². The zero-order chi connectivity index (χ0) is 17.5. The van der Waals surface area contributed by atoms with Gasteiger partial charge in [-0.3, -0.25) is 4.79 Å². The maximum Gasteiger partial charge on any atom is 0.255 e. The molecule has 2 aromatic rings. The van der Waals surface area contributed by atoms with Crippen LogP contribution in [0.5, 0.6) is 5.75 Å². The second kappa shape index (κ2) is 8.28. The molecule has 0 saturated heterocycles. The molecular formula is C19H19ClN2O2. The van der Waals surface area contributed by atoms with Gasteiger partial charge in [0.1, 0.15) is 5.75 Å². The van der Waals surface area contributed by atoms with E-state index in [9.17, 15) is 4.79 Å². The van der Waals surface area contributed by atoms with Gasteiger partial charge in [0.05, 0.1) is 19.2 Å². The third kappa shape index (κ3) is 4.68. The maximum atomic E-state index is 12.2. The summed E-state index contributed by atoms with van der Waals surface area (Å²) in [6, 6.07) is 12.8. The molecule has 0 aromatic heterocycles. The minimum atomic E-state index is -0.272. The first-order valence-corrected chi connectivity index (χ1v) is 7.77. The fourth-order valence-electron chi connectivity index (χ4n) is 2.07. The molecule has 0 aliphatic rings. The van der Waals surface area contributed by atoms with Crippen LogP contribution < -0.4 is 15.0 Å². The third-order valence-electron chi connectivity index (χ3n) is 3.36. The summed E-state index contributed by atoms with van der Waals surface area (Å²) in [5.74, 6) is 6.16. The van der Waals surface area contributed by atoms with Gasteiger partial charge in [0, 0.05) is 30.4 Å². The standard InChI is InChI=1S/C19H19ClN2O2/c1-22(2)16-9-6-14(7-10-16)5-4-12-21-19(23)17-13-15(20)8-11-18(17)24-3/h6-11,13H,12H2,1-3H3,(H,21,23). The first-order valence-electron chi connectivity index (χ1n) is 7.39. The highest BCUT2D eigenvalue weighted by molar-refractivity contribution is 6.31. The predicted molar refractivity (Wildman–Crippen MR) is 98.0 cm³/mol. The highest BCUT2D eigenvalue weighted by Crippen LogP contribution is 2.22. The van der Waals surface area contributed by atoms with Crippen molar-refractivity contribution in [2.45, 2.75) is 0 Å². The Hall–Kier alpha value is -2.64. The van der Waals surface area contributed by atoms with Crippen molar-refractivity contribution in [1.29, 1.82) is 0 Å². The SMILES string of the molecule is COc1ccc(Cl)cc1C(=O)NCC#Cc1ccc(N(C)C)cc1. The van der Waals surface area contributed by atoms with Gasteiger partial charge in [0.2, 0.25) is 0 Å². The second-order valence-corrected chi connectivity index (χ2v) is 5.71. The molecule has 0 unspecified atom stereocenters. The molecule has 0 spiro atoms. The van der Waals surface area contributed by atoms with Gasteiger partial charge in [-0.05, 0) is 42.5 Å². The summed E-state index contributed by atoms with van der Waals surface area (Å²) in [7, 11) is 5.48. The van der Waals surface area contributed by atoms with Crippen LogP contribution in [0.4, 0.5) is 5.69 Å². The summed E-state index contributed by atoms with van der Waals surface area (Å²) < 4.78 is 5.17. The van der Waals surface area contributed by atoms with Crippen LogP contribution in [0.15, 0.2) is 42.5 Å². The first-order chi connectivity index (χ1) is 11.5. The normalized spacial score (nSPS) is 9.67. The molecule has 0 heterocycles. The Morgan fingerprint density at radius 2 is 1.92 bits per heavy atom. The number of rotatable bonds is 4. The van der Waals surface area contributed by atoms with Crippen LogP contribution in [-0.2, 0) is 0 Å². The van der Waals surface area contributed by atoms with Crippen molar-refractivity contribution >= 4 is 23.2 Å². The average molecular weight is 343 g/mol. The summed E-state index contributed by atoms with van der Waals surface area (Å²) in [6.07, 6.45) is 0. The number of anilines is 1. The number of nitrogens with zero attached hydrogens (tertiary/aromatic N) is 1. The van der Waals surface area contributed by atoms with Gasteiger partial charge in [0.25, 0.3) is 5.91 Å². The highest BCUT2D eigenvalue weighted by atomic mass is 35.5. The number of methoxy groups -OCH3 is 1. The van der Waals surface area contributed by atoms with E-state index in [0.717, 1.165) is 11.3 Å². The van der Waals surface area contributed by atoms with E-state index in [1.54, 1.807) is 18.2 Å². The van der Waals surface area contributed by atoms with Crippen molar-refractivity contribution in [1.82, 2.24) is 5.32 Å². The molecule has 5 heteroatoms. The fourth-order valence-corrected chi connectivity index (χ4v) is 2.24. The van der Waals surface area contributed by atoms with Crippen LogP contribution >= 0.6 is 11.6 Å². The maximum absolute atomic E-state index is 12.2. The fraction of sp³-hybridized carbons (Fsp3) is 0.211. The molecular weight excluding hydrogens is 324 g/mol. The average Bonchev–Trinajstić information content (AvgIpc) is 2.58. The van der Waals surface area contributed by atoms with Crippen molar-refractivity contribution in [3.8, 4) is 17.6 Å². The van der Waals surface area contributed by atoms with Gasteiger partial charge in [-0.1, -0.05) is 23.4 Å². The Morgan fingerprint density at radius 1 is 1.21 bits per heavy atom.